The highest BCUT2D eigenvalue weighted by atomic mass is 35.5. The van der Waals surface area contributed by atoms with Crippen LogP contribution in [-0.4, -0.2) is 31.9 Å². The Morgan fingerprint density at radius 1 is 1.55 bits per heavy atom. The van der Waals surface area contributed by atoms with Crippen molar-refractivity contribution in [2.45, 2.75) is 24.3 Å². The third-order valence-corrected chi connectivity index (χ3v) is 5.84. The Bertz CT molecular complexity index is 654. The molecule has 1 saturated heterocycles. The second kappa shape index (κ2) is 5.70. The molecule has 0 aromatic heterocycles. The van der Waals surface area contributed by atoms with Gasteiger partial charge in [0.1, 0.15) is 11.0 Å². The van der Waals surface area contributed by atoms with Gasteiger partial charge in [-0.15, -0.1) is 0 Å². The summed E-state index contributed by atoms with van der Waals surface area (Å²) < 4.78 is 26.8. The molecule has 2 rings (SSSR count). The number of hydrogen-bond acceptors (Lipinski definition) is 4. The summed E-state index contributed by atoms with van der Waals surface area (Å²) in [5.74, 6) is 0.157. The lowest BCUT2D eigenvalue weighted by molar-refractivity contribution is 0.404. The standard InChI is InChI=1S/C13H16ClN3O2S/c1-9-4-10(6-15)8-17(9)20(18,19)13-5-12(14)3-2-11(13)7-16/h2-3,5,9-10H,4,6,8,15H2,1H3. The lowest BCUT2D eigenvalue weighted by Crippen LogP contribution is -2.34. The third kappa shape index (κ3) is 2.67. The van der Waals surface area contributed by atoms with Gasteiger partial charge in [-0.25, -0.2) is 8.42 Å². The maximum absolute atomic E-state index is 12.7. The molecule has 0 aliphatic carbocycles. The molecule has 1 aliphatic heterocycles. The van der Waals surface area contributed by atoms with Crippen LogP contribution in [0, 0.1) is 17.2 Å². The zero-order valence-electron chi connectivity index (χ0n) is 11.1. The van der Waals surface area contributed by atoms with E-state index in [0.29, 0.717) is 18.1 Å². The summed E-state index contributed by atoms with van der Waals surface area (Å²) in [5, 5.41) is 9.38. The highest BCUT2D eigenvalue weighted by molar-refractivity contribution is 7.89. The van der Waals surface area contributed by atoms with Crippen LogP contribution in [0.1, 0.15) is 18.9 Å². The topological polar surface area (TPSA) is 87.2 Å². The Balaban J connectivity index is 2.46. The first-order chi connectivity index (χ1) is 9.40. The summed E-state index contributed by atoms with van der Waals surface area (Å²) in [6, 6.07) is 6.04. The lowest BCUT2D eigenvalue weighted by atomic mass is 10.1. The number of nitrogens with two attached hydrogens (primary N) is 1. The number of nitrogens with zero attached hydrogens (tertiary/aromatic N) is 2. The zero-order valence-corrected chi connectivity index (χ0v) is 12.7. The molecule has 0 spiro atoms. The van der Waals surface area contributed by atoms with E-state index in [2.05, 4.69) is 0 Å². The van der Waals surface area contributed by atoms with Crippen molar-refractivity contribution < 1.29 is 8.42 Å². The molecule has 2 N–H and O–H groups in total. The first-order valence-corrected chi connectivity index (χ1v) is 8.13. The smallest absolute Gasteiger partial charge is 0.244 e. The molecule has 20 heavy (non-hydrogen) atoms. The van der Waals surface area contributed by atoms with Crippen LogP contribution < -0.4 is 5.73 Å². The molecule has 1 fully saturated rings. The summed E-state index contributed by atoms with van der Waals surface area (Å²) in [7, 11) is -3.73. The SMILES string of the molecule is CC1CC(CN)CN1S(=O)(=O)c1cc(Cl)ccc1C#N. The molecule has 0 amide bonds. The number of sulfonamides is 1. The van der Waals surface area contributed by atoms with E-state index in [4.69, 9.17) is 22.6 Å². The van der Waals surface area contributed by atoms with Crippen LogP contribution in [-0.2, 0) is 10.0 Å². The predicted octanol–water partition coefficient (Wildman–Crippen LogP) is 1.57. The van der Waals surface area contributed by atoms with Crippen molar-refractivity contribution in [1.29, 1.82) is 5.26 Å². The molecule has 5 nitrogen and oxygen atoms in total. The minimum absolute atomic E-state index is 0.0305. The van der Waals surface area contributed by atoms with Crippen molar-refractivity contribution in [2.75, 3.05) is 13.1 Å². The number of rotatable bonds is 3. The van der Waals surface area contributed by atoms with E-state index in [1.54, 1.807) is 0 Å². The van der Waals surface area contributed by atoms with Gasteiger partial charge in [-0.2, -0.15) is 9.57 Å². The van der Waals surface area contributed by atoms with Gasteiger partial charge in [0.15, 0.2) is 0 Å². The normalized spacial score (nSPS) is 23.7. The monoisotopic (exact) mass is 313 g/mol. The Hall–Kier alpha value is -1.13. The molecule has 1 aromatic rings. The van der Waals surface area contributed by atoms with Crippen LogP contribution in [0.15, 0.2) is 23.1 Å². The summed E-state index contributed by atoms with van der Waals surface area (Å²) in [6.07, 6.45) is 0.734. The number of nitriles is 1. The molecule has 2 unspecified atom stereocenters. The third-order valence-electron chi connectivity index (χ3n) is 3.59. The Morgan fingerprint density at radius 2 is 2.25 bits per heavy atom. The van der Waals surface area contributed by atoms with Crippen LogP contribution in [0.2, 0.25) is 5.02 Å². The van der Waals surface area contributed by atoms with Crippen molar-refractivity contribution in [2.24, 2.45) is 11.7 Å². The first kappa shape index (κ1) is 15.3. The maximum atomic E-state index is 12.7. The highest BCUT2D eigenvalue weighted by Gasteiger charge is 2.38. The van der Waals surface area contributed by atoms with Gasteiger partial charge in [0, 0.05) is 17.6 Å². The van der Waals surface area contributed by atoms with E-state index in [1.165, 1.54) is 22.5 Å². The van der Waals surface area contributed by atoms with Crippen molar-refractivity contribution >= 4 is 21.6 Å². The van der Waals surface area contributed by atoms with Gasteiger partial charge in [0.2, 0.25) is 10.0 Å². The molecular formula is C13H16ClN3O2S. The predicted molar refractivity (Wildman–Crippen MR) is 76.7 cm³/mol. The van der Waals surface area contributed by atoms with E-state index in [9.17, 15) is 8.42 Å². The fourth-order valence-electron chi connectivity index (χ4n) is 2.54. The van der Waals surface area contributed by atoms with E-state index >= 15 is 0 Å². The van der Waals surface area contributed by atoms with Gasteiger partial charge in [-0.3, -0.25) is 0 Å². The van der Waals surface area contributed by atoms with E-state index < -0.39 is 10.0 Å². The van der Waals surface area contributed by atoms with Crippen LogP contribution in [0.3, 0.4) is 0 Å². The summed E-state index contributed by atoms with van der Waals surface area (Å²) in [6.45, 7) is 2.69. The number of benzene rings is 1. The van der Waals surface area contributed by atoms with Crippen molar-refractivity contribution in [3.8, 4) is 6.07 Å². The fourth-order valence-corrected chi connectivity index (χ4v) is 4.67. The molecule has 1 heterocycles. The van der Waals surface area contributed by atoms with Crippen LogP contribution in [0.4, 0.5) is 0 Å². The van der Waals surface area contributed by atoms with Gasteiger partial charge in [0.25, 0.3) is 0 Å². The first-order valence-electron chi connectivity index (χ1n) is 6.31. The Morgan fingerprint density at radius 3 is 2.80 bits per heavy atom. The second-order valence-corrected chi connectivity index (χ2v) is 7.31. The molecule has 2 atom stereocenters. The lowest BCUT2D eigenvalue weighted by Gasteiger charge is -2.21. The quantitative estimate of drug-likeness (QED) is 0.917. The molecular weight excluding hydrogens is 298 g/mol. The van der Waals surface area contributed by atoms with Gasteiger partial charge >= 0.3 is 0 Å². The summed E-state index contributed by atoms with van der Waals surface area (Å²) >= 11 is 5.87. The Kier molecular flexibility index (Phi) is 4.35. The van der Waals surface area contributed by atoms with Crippen LogP contribution >= 0.6 is 11.6 Å². The van der Waals surface area contributed by atoms with Gasteiger partial charge in [-0.1, -0.05) is 11.6 Å². The zero-order chi connectivity index (χ0) is 14.9. The number of hydrogen-bond donors (Lipinski definition) is 1. The molecule has 108 valence electrons. The summed E-state index contributed by atoms with van der Waals surface area (Å²) in [5.41, 5.74) is 5.73. The average molecular weight is 314 g/mol. The van der Waals surface area contributed by atoms with Crippen molar-refractivity contribution in [3.63, 3.8) is 0 Å². The molecule has 1 aliphatic rings. The van der Waals surface area contributed by atoms with Crippen molar-refractivity contribution in [3.05, 3.63) is 28.8 Å². The van der Waals surface area contributed by atoms with Crippen LogP contribution in [0.25, 0.3) is 0 Å². The van der Waals surface area contributed by atoms with Crippen LogP contribution in [0.5, 0.6) is 0 Å². The number of halogens is 1. The second-order valence-electron chi connectivity index (χ2n) is 5.01. The molecule has 0 radical (unpaired) electrons. The van der Waals surface area contributed by atoms with Gasteiger partial charge in [0.05, 0.1) is 5.56 Å². The van der Waals surface area contributed by atoms with Gasteiger partial charge in [-0.05, 0) is 44.0 Å². The maximum Gasteiger partial charge on any atom is 0.244 e. The Labute approximate surface area is 124 Å². The van der Waals surface area contributed by atoms with Gasteiger partial charge < -0.3 is 5.73 Å². The minimum atomic E-state index is -3.73. The molecule has 0 saturated carbocycles. The average Bonchev–Trinajstić information content (AvgIpc) is 2.80. The minimum Gasteiger partial charge on any atom is -0.330 e. The molecule has 1 aromatic carbocycles. The molecule has 7 heteroatoms. The van der Waals surface area contributed by atoms with E-state index in [0.717, 1.165) is 6.42 Å². The van der Waals surface area contributed by atoms with E-state index in [1.807, 2.05) is 13.0 Å². The summed E-state index contributed by atoms with van der Waals surface area (Å²) in [4.78, 5) is -0.0305. The molecule has 0 bridgehead atoms. The largest absolute Gasteiger partial charge is 0.330 e. The highest BCUT2D eigenvalue weighted by Crippen LogP contribution is 2.31. The van der Waals surface area contributed by atoms with E-state index in [-0.39, 0.29) is 22.4 Å². The van der Waals surface area contributed by atoms with Crippen molar-refractivity contribution in [1.82, 2.24) is 4.31 Å². The fraction of sp³-hybridized carbons (Fsp3) is 0.462.